The number of aliphatic hydroxyl groups excluding tert-OH is 1. The van der Waals surface area contributed by atoms with Crippen LogP contribution < -0.4 is 5.73 Å². The van der Waals surface area contributed by atoms with E-state index in [4.69, 9.17) is 10.8 Å². The molecule has 4 atom stereocenters. The highest BCUT2D eigenvalue weighted by atomic mass is 16.3. The number of likely N-dealkylation sites (tertiary alicyclic amines) is 1. The average molecular weight is 268 g/mol. The molecule has 1 aliphatic carbocycles. The molecule has 3 nitrogen and oxygen atoms in total. The second-order valence-corrected chi connectivity index (χ2v) is 7.17. The van der Waals surface area contributed by atoms with Gasteiger partial charge in [0, 0.05) is 25.7 Å². The zero-order valence-electron chi connectivity index (χ0n) is 12.7. The summed E-state index contributed by atoms with van der Waals surface area (Å²) in [4.78, 5) is 2.59. The van der Waals surface area contributed by atoms with Gasteiger partial charge >= 0.3 is 0 Å². The number of hydrogen-bond acceptors (Lipinski definition) is 3. The van der Waals surface area contributed by atoms with Crippen molar-refractivity contribution in [1.82, 2.24) is 4.90 Å². The van der Waals surface area contributed by atoms with Crippen molar-refractivity contribution in [3.05, 3.63) is 0 Å². The van der Waals surface area contributed by atoms with Crippen molar-refractivity contribution in [1.29, 1.82) is 0 Å². The SMILES string of the molecule is CC(C)C1CCC(N)C(CN2CCC(CCO)C2)C1. The maximum absolute atomic E-state index is 9.03. The average Bonchev–Trinajstić information content (AvgIpc) is 2.80. The van der Waals surface area contributed by atoms with E-state index in [0.717, 1.165) is 18.3 Å². The molecule has 3 heteroatoms. The Morgan fingerprint density at radius 2 is 2.05 bits per heavy atom. The normalized spacial score (nSPS) is 37.1. The van der Waals surface area contributed by atoms with Crippen LogP contribution in [0.1, 0.15) is 46.0 Å². The van der Waals surface area contributed by atoms with Crippen molar-refractivity contribution in [3.63, 3.8) is 0 Å². The van der Waals surface area contributed by atoms with E-state index in [9.17, 15) is 0 Å². The molecule has 0 amide bonds. The zero-order chi connectivity index (χ0) is 13.8. The van der Waals surface area contributed by atoms with Crippen LogP contribution in [0.15, 0.2) is 0 Å². The lowest BCUT2D eigenvalue weighted by atomic mass is 9.74. The Balaban J connectivity index is 1.80. The van der Waals surface area contributed by atoms with E-state index in [1.54, 1.807) is 0 Å². The first-order valence-corrected chi connectivity index (χ1v) is 8.19. The van der Waals surface area contributed by atoms with E-state index in [-0.39, 0.29) is 0 Å². The van der Waals surface area contributed by atoms with Crippen molar-refractivity contribution in [2.24, 2.45) is 29.4 Å². The van der Waals surface area contributed by atoms with Crippen LogP contribution in [0.2, 0.25) is 0 Å². The fraction of sp³-hybridized carbons (Fsp3) is 1.00. The lowest BCUT2D eigenvalue weighted by Crippen LogP contribution is -2.43. The van der Waals surface area contributed by atoms with Crippen LogP contribution in [0, 0.1) is 23.7 Å². The lowest BCUT2D eigenvalue weighted by molar-refractivity contribution is 0.146. The smallest absolute Gasteiger partial charge is 0.0434 e. The topological polar surface area (TPSA) is 49.5 Å². The quantitative estimate of drug-likeness (QED) is 0.803. The van der Waals surface area contributed by atoms with Gasteiger partial charge < -0.3 is 15.7 Å². The van der Waals surface area contributed by atoms with Crippen LogP contribution in [0.25, 0.3) is 0 Å². The molecule has 19 heavy (non-hydrogen) atoms. The Hall–Kier alpha value is -0.120. The third-order valence-corrected chi connectivity index (χ3v) is 5.42. The van der Waals surface area contributed by atoms with Gasteiger partial charge in [0.1, 0.15) is 0 Å². The number of rotatable bonds is 5. The standard InChI is InChI=1S/C16H32N2O/c1-12(2)14-3-4-16(17)15(9-14)11-18-7-5-13(10-18)6-8-19/h12-16,19H,3-11,17H2,1-2H3. The van der Waals surface area contributed by atoms with Crippen LogP contribution in [0.4, 0.5) is 0 Å². The third-order valence-electron chi connectivity index (χ3n) is 5.42. The summed E-state index contributed by atoms with van der Waals surface area (Å²) in [6.45, 7) is 8.62. The second kappa shape index (κ2) is 7.05. The molecule has 2 rings (SSSR count). The Kier molecular flexibility index (Phi) is 5.67. The summed E-state index contributed by atoms with van der Waals surface area (Å²) in [7, 11) is 0. The van der Waals surface area contributed by atoms with Gasteiger partial charge in [-0.05, 0) is 62.3 Å². The van der Waals surface area contributed by atoms with Crippen LogP contribution in [0.5, 0.6) is 0 Å². The monoisotopic (exact) mass is 268 g/mol. The van der Waals surface area contributed by atoms with Gasteiger partial charge in [-0.3, -0.25) is 0 Å². The van der Waals surface area contributed by atoms with Crippen LogP contribution in [-0.2, 0) is 0 Å². The number of aliphatic hydroxyl groups is 1. The predicted octanol–water partition coefficient (Wildman–Crippen LogP) is 2.09. The predicted molar refractivity (Wildman–Crippen MR) is 79.9 cm³/mol. The van der Waals surface area contributed by atoms with Gasteiger partial charge in [0.2, 0.25) is 0 Å². The molecule has 1 saturated carbocycles. The molecule has 0 aromatic carbocycles. The molecule has 3 N–H and O–H groups in total. The minimum absolute atomic E-state index is 0.344. The highest BCUT2D eigenvalue weighted by Crippen LogP contribution is 2.34. The molecule has 1 heterocycles. The number of nitrogens with two attached hydrogens (primary N) is 1. The Morgan fingerprint density at radius 3 is 2.74 bits per heavy atom. The van der Waals surface area contributed by atoms with E-state index in [0.29, 0.717) is 24.5 Å². The van der Waals surface area contributed by atoms with Crippen molar-refractivity contribution >= 4 is 0 Å². The molecule has 2 aliphatic rings. The summed E-state index contributed by atoms with van der Waals surface area (Å²) in [5, 5.41) is 9.03. The van der Waals surface area contributed by atoms with Crippen LogP contribution in [0.3, 0.4) is 0 Å². The van der Waals surface area contributed by atoms with Gasteiger partial charge in [0.05, 0.1) is 0 Å². The molecule has 1 aliphatic heterocycles. The third kappa shape index (κ3) is 4.17. The summed E-state index contributed by atoms with van der Waals surface area (Å²) >= 11 is 0. The van der Waals surface area contributed by atoms with Crippen LogP contribution in [-0.4, -0.2) is 42.3 Å². The molecule has 0 radical (unpaired) electrons. The molecule has 0 bridgehead atoms. The molecular formula is C16H32N2O. The largest absolute Gasteiger partial charge is 0.396 e. The molecule has 0 spiro atoms. The Bertz CT molecular complexity index is 269. The van der Waals surface area contributed by atoms with Crippen molar-refractivity contribution < 1.29 is 5.11 Å². The molecule has 4 unspecified atom stereocenters. The van der Waals surface area contributed by atoms with Gasteiger partial charge in [-0.2, -0.15) is 0 Å². The van der Waals surface area contributed by atoms with Gasteiger partial charge in [0.15, 0.2) is 0 Å². The highest BCUT2D eigenvalue weighted by Gasteiger charge is 2.32. The maximum Gasteiger partial charge on any atom is 0.0434 e. The minimum Gasteiger partial charge on any atom is -0.396 e. The van der Waals surface area contributed by atoms with Crippen molar-refractivity contribution in [2.45, 2.75) is 52.0 Å². The summed E-state index contributed by atoms with van der Waals surface area (Å²) < 4.78 is 0. The molecule has 1 saturated heterocycles. The summed E-state index contributed by atoms with van der Waals surface area (Å²) in [6, 6.07) is 0.409. The minimum atomic E-state index is 0.344. The summed E-state index contributed by atoms with van der Waals surface area (Å²) in [5.41, 5.74) is 6.35. The molecule has 0 aromatic heterocycles. The van der Waals surface area contributed by atoms with Gasteiger partial charge in [0.25, 0.3) is 0 Å². The zero-order valence-corrected chi connectivity index (χ0v) is 12.7. The molecular weight excluding hydrogens is 236 g/mol. The first-order valence-electron chi connectivity index (χ1n) is 8.19. The lowest BCUT2D eigenvalue weighted by Gasteiger charge is -2.38. The highest BCUT2D eigenvalue weighted by molar-refractivity contribution is 4.87. The first kappa shape index (κ1) is 15.3. The summed E-state index contributed by atoms with van der Waals surface area (Å²) in [5.74, 6) is 3.08. The van der Waals surface area contributed by atoms with Gasteiger partial charge in [-0.25, -0.2) is 0 Å². The van der Waals surface area contributed by atoms with E-state index in [1.165, 1.54) is 45.3 Å². The van der Waals surface area contributed by atoms with Crippen molar-refractivity contribution in [3.8, 4) is 0 Å². The molecule has 2 fully saturated rings. The van der Waals surface area contributed by atoms with E-state index >= 15 is 0 Å². The number of hydrogen-bond donors (Lipinski definition) is 2. The van der Waals surface area contributed by atoms with E-state index < -0.39 is 0 Å². The Labute approximate surface area is 118 Å². The molecule has 0 aromatic rings. The second-order valence-electron chi connectivity index (χ2n) is 7.17. The van der Waals surface area contributed by atoms with Gasteiger partial charge in [-0.15, -0.1) is 0 Å². The number of nitrogens with zero attached hydrogens (tertiary/aromatic N) is 1. The van der Waals surface area contributed by atoms with Crippen LogP contribution >= 0.6 is 0 Å². The first-order chi connectivity index (χ1) is 9.10. The van der Waals surface area contributed by atoms with Gasteiger partial charge in [-0.1, -0.05) is 13.8 Å². The van der Waals surface area contributed by atoms with Crippen molar-refractivity contribution in [2.75, 3.05) is 26.2 Å². The van der Waals surface area contributed by atoms with E-state index in [1.807, 2.05) is 0 Å². The Morgan fingerprint density at radius 1 is 1.26 bits per heavy atom. The maximum atomic E-state index is 9.03. The fourth-order valence-corrected chi connectivity index (χ4v) is 3.97. The molecule has 112 valence electrons. The van der Waals surface area contributed by atoms with E-state index in [2.05, 4.69) is 18.7 Å². The fourth-order valence-electron chi connectivity index (χ4n) is 3.97. The summed E-state index contributed by atoms with van der Waals surface area (Å²) in [6.07, 6.45) is 6.09.